The van der Waals surface area contributed by atoms with Crippen LogP contribution in [0.3, 0.4) is 0 Å². The summed E-state index contributed by atoms with van der Waals surface area (Å²) in [6.45, 7) is 3.66. The summed E-state index contributed by atoms with van der Waals surface area (Å²) in [6.07, 6.45) is 0.624. The van der Waals surface area contributed by atoms with Gasteiger partial charge >= 0.3 is 5.97 Å². The zero-order valence-electron chi connectivity index (χ0n) is 12.0. The van der Waals surface area contributed by atoms with Crippen molar-refractivity contribution < 1.29 is 18.7 Å². The number of aryl methyl sites for hydroxylation is 1. The molecule has 0 fully saturated rings. The van der Waals surface area contributed by atoms with E-state index in [-0.39, 0.29) is 24.1 Å². The number of rotatable bonds is 6. The Kier molecular flexibility index (Phi) is 6.15. The molecule has 1 amide bonds. The minimum absolute atomic E-state index is 0.0550. The van der Waals surface area contributed by atoms with Crippen LogP contribution >= 0.6 is 0 Å². The molecule has 110 valence electrons. The quantitative estimate of drug-likeness (QED) is 0.812. The van der Waals surface area contributed by atoms with Crippen molar-refractivity contribution in [1.29, 1.82) is 0 Å². The molecule has 0 radical (unpaired) electrons. The Morgan fingerprint density at radius 1 is 1.35 bits per heavy atom. The molecule has 1 aromatic rings. The van der Waals surface area contributed by atoms with Crippen LogP contribution in [0.1, 0.15) is 25.8 Å². The molecule has 20 heavy (non-hydrogen) atoms. The topological polar surface area (TPSA) is 55.4 Å². The average molecular weight is 281 g/mol. The number of halogens is 1. The van der Waals surface area contributed by atoms with Crippen LogP contribution in [0.4, 0.5) is 4.39 Å². The summed E-state index contributed by atoms with van der Waals surface area (Å²) < 4.78 is 17.6. The number of carbonyl (C=O) groups is 2. The normalized spacial score (nSPS) is 12.1. The van der Waals surface area contributed by atoms with Crippen molar-refractivity contribution in [2.24, 2.45) is 5.92 Å². The lowest BCUT2D eigenvalue weighted by molar-refractivity contribution is -0.146. The molecule has 1 aromatic carbocycles. The van der Waals surface area contributed by atoms with Gasteiger partial charge in [-0.1, -0.05) is 26.0 Å². The van der Waals surface area contributed by atoms with Gasteiger partial charge in [-0.15, -0.1) is 0 Å². The van der Waals surface area contributed by atoms with E-state index >= 15 is 0 Å². The number of methoxy groups -OCH3 is 1. The summed E-state index contributed by atoms with van der Waals surface area (Å²) in [5.74, 6) is -1.09. The van der Waals surface area contributed by atoms with Crippen LogP contribution in [-0.2, 0) is 20.7 Å². The highest BCUT2D eigenvalue weighted by Gasteiger charge is 2.24. The fourth-order valence-electron chi connectivity index (χ4n) is 1.82. The van der Waals surface area contributed by atoms with Gasteiger partial charge in [0.25, 0.3) is 0 Å². The highest BCUT2D eigenvalue weighted by molar-refractivity contribution is 5.84. The Bertz CT molecular complexity index is 474. The smallest absolute Gasteiger partial charge is 0.328 e. The Labute approximate surface area is 118 Å². The maximum absolute atomic E-state index is 13.0. The minimum atomic E-state index is -0.653. The molecule has 4 nitrogen and oxygen atoms in total. The van der Waals surface area contributed by atoms with Crippen LogP contribution in [-0.4, -0.2) is 25.0 Å². The molecule has 1 atom stereocenters. The van der Waals surface area contributed by atoms with Gasteiger partial charge in [0, 0.05) is 6.42 Å². The van der Waals surface area contributed by atoms with E-state index in [4.69, 9.17) is 0 Å². The summed E-state index contributed by atoms with van der Waals surface area (Å²) >= 11 is 0. The summed E-state index contributed by atoms with van der Waals surface area (Å²) in [5.41, 5.74) is 0.749. The number of amides is 1. The molecule has 1 rings (SSSR count). The second-order valence-corrected chi connectivity index (χ2v) is 4.94. The second-order valence-electron chi connectivity index (χ2n) is 4.94. The van der Waals surface area contributed by atoms with Crippen LogP contribution < -0.4 is 5.32 Å². The first-order valence-corrected chi connectivity index (χ1v) is 6.55. The molecular formula is C15H20FNO3. The van der Waals surface area contributed by atoms with Gasteiger partial charge in [0.2, 0.25) is 5.91 Å². The molecule has 0 saturated heterocycles. The van der Waals surface area contributed by atoms with Gasteiger partial charge in [0.15, 0.2) is 0 Å². The van der Waals surface area contributed by atoms with Gasteiger partial charge in [-0.3, -0.25) is 4.79 Å². The van der Waals surface area contributed by atoms with E-state index in [1.54, 1.807) is 12.1 Å². The second kappa shape index (κ2) is 7.62. The van der Waals surface area contributed by atoms with Crippen molar-refractivity contribution in [2.45, 2.75) is 32.7 Å². The fourth-order valence-corrected chi connectivity index (χ4v) is 1.82. The Morgan fingerprint density at radius 2 is 2.05 bits per heavy atom. The number of nitrogens with one attached hydrogen (secondary N) is 1. The van der Waals surface area contributed by atoms with E-state index < -0.39 is 12.0 Å². The average Bonchev–Trinajstić information content (AvgIpc) is 2.41. The third kappa shape index (κ3) is 4.99. The Hall–Kier alpha value is -1.91. The van der Waals surface area contributed by atoms with E-state index in [0.29, 0.717) is 6.42 Å². The van der Waals surface area contributed by atoms with Gasteiger partial charge in [-0.25, -0.2) is 9.18 Å². The van der Waals surface area contributed by atoms with Crippen molar-refractivity contribution in [3.05, 3.63) is 35.6 Å². The maximum atomic E-state index is 13.0. The van der Waals surface area contributed by atoms with Crippen LogP contribution in [0.15, 0.2) is 24.3 Å². The number of esters is 1. The molecule has 0 aliphatic carbocycles. The van der Waals surface area contributed by atoms with E-state index in [1.807, 2.05) is 13.8 Å². The van der Waals surface area contributed by atoms with Crippen molar-refractivity contribution in [3.8, 4) is 0 Å². The van der Waals surface area contributed by atoms with Gasteiger partial charge in [0.1, 0.15) is 11.9 Å². The summed E-state index contributed by atoms with van der Waals surface area (Å²) in [4.78, 5) is 23.3. The maximum Gasteiger partial charge on any atom is 0.328 e. The van der Waals surface area contributed by atoms with Gasteiger partial charge in [0.05, 0.1) is 7.11 Å². The third-order valence-corrected chi connectivity index (χ3v) is 2.97. The van der Waals surface area contributed by atoms with Crippen molar-refractivity contribution in [1.82, 2.24) is 5.32 Å². The van der Waals surface area contributed by atoms with Crippen LogP contribution in [0, 0.1) is 11.7 Å². The lowest BCUT2D eigenvalue weighted by atomic mass is 10.0. The fraction of sp³-hybridized carbons (Fsp3) is 0.467. The summed E-state index contributed by atoms with van der Waals surface area (Å²) in [7, 11) is 1.29. The SMILES string of the molecule is COC(=O)C(NC(=O)CCc1cccc(F)c1)C(C)C. The molecule has 0 aromatic heterocycles. The van der Waals surface area contributed by atoms with Gasteiger partial charge < -0.3 is 10.1 Å². The summed E-state index contributed by atoms with van der Waals surface area (Å²) in [5, 5.41) is 2.64. The van der Waals surface area contributed by atoms with Crippen molar-refractivity contribution in [3.63, 3.8) is 0 Å². The predicted octanol–water partition coefficient (Wildman–Crippen LogP) is 2.07. The standard InChI is InChI=1S/C15H20FNO3/c1-10(2)14(15(19)20-3)17-13(18)8-7-11-5-4-6-12(16)9-11/h4-6,9-10,14H,7-8H2,1-3H3,(H,17,18). The molecule has 0 saturated carbocycles. The first-order chi connectivity index (χ1) is 9.43. The largest absolute Gasteiger partial charge is 0.467 e. The van der Waals surface area contributed by atoms with E-state index in [0.717, 1.165) is 5.56 Å². The first-order valence-electron chi connectivity index (χ1n) is 6.55. The highest BCUT2D eigenvalue weighted by Crippen LogP contribution is 2.08. The first kappa shape index (κ1) is 16.1. The molecule has 1 unspecified atom stereocenters. The molecular weight excluding hydrogens is 261 g/mol. The minimum Gasteiger partial charge on any atom is -0.467 e. The van der Waals surface area contributed by atoms with E-state index in [9.17, 15) is 14.0 Å². The van der Waals surface area contributed by atoms with Crippen molar-refractivity contribution >= 4 is 11.9 Å². The Morgan fingerprint density at radius 3 is 2.60 bits per heavy atom. The van der Waals surface area contributed by atoms with E-state index in [2.05, 4.69) is 10.1 Å². The number of ether oxygens (including phenoxy) is 1. The molecule has 0 spiro atoms. The predicted molar refractivity (Wildman–Crippen MR) is 73.5 cm³/mol. The number of hydrogen-bond acceptors (Lipinski definition) is 3. The highest BCUT2D eigenvalue weighted by atomic mass is 19.1. The van der Waals surface area contributed by atoms with Gasteiger partial charge in [-0.2, -0.15) is 0 Å². The van der Waals surface area contributed by atoms with Crippen LogP contribution in [0.2, 0.25) is 0 Å². The van der Waals surface area contributed by atoms with E-state index in [1.165, 1.54) is 19.2 Å². The van der Waals surface area contributed by atoms with Gasteiger partial charge in [-0.05, 0) is 30.0 Å². The molecule has 0 bridgehead atoms. The van der Waals surface area contributed by atoms with Crippen LogP contribution in [0.25, 0.3) is 0 Å². The number of benzene rings is 1. The zero-order chi connectivity index (χ0) is 15.1. The van der Waals surface area contributed by atoms with Crippen LogP contribution in [0.5, 0.6) is 0 Å². The number of carbonyl (C=O) groups excluding carboxylic acids is 2. The summed E-state index contributed by atoms with van der Waals surface area (Å²) in [6, 6.07) is 5.47. The molecule has 5 heteroatoms. The molecule has 0 heterocycles. The molecule has 0 aliphatic heterocycles. The molecule has 0 aliphatic rings. The Balaban J connectivity index is 2.52. The zero-order valence-corrected chi connectivity index (χ0v) is 12.0. The lowest BCUT2D eigenvalue weighted by Crippen LogP contribution is -2.45. The number of hydrogen-bond donors (Lipinski definition) is 1. The molecule has 1 N–H and O–H groups in total. The monoisotopic (exact) mass is 281 g/mol. The van der Waals surface area contributed by atoms with Crippen molar-refractivity contribution in [2.75, 3.05) is 7.11 Å². The third-order valence-electron chi connectivity index (χ3n) is 2.97. The lowest BCUT2D eigenvalue weighted by Gasteiger charge is -2.19.